The molecule has 3 rings (SSSR count). The number of ether oxygens (including phenoxy) is 1. The molecule has 4 nitrogen and oxygen atoms in total. The van der Waals surface area contributed by atoms with E-state index in [4.69, 9.17) is 27.9 Å². The second kappa shape index (κ2) is 5.31. The standard InChI is InChI=1S/C14H10Cl2N2O2/c15-9-5-6-12(16)18-13(9)14(19)17-10-7-20-11-4-2-1-3-8(10)11/h1-6,10H,7H2,(H,17,19). The van der Waals surface area contributed by atoms with Crippen molar-refractivity contribution in [1.82, 2.24) is 10.3 Å². The Bertz CT molecular complexity index is 676. The summed E-state index contributed by atoms with van der Waals surface area (Å²) in [5.74, 6) is 0.408. The summed E-state index contributed by atoms with van der Waals surface area (Å²) in [7, 11) is 0. The van der Waals surface area contributed by atoms with Gasteiger partial charge in [-0.2, -0.15) is 0 Å². The molecule has 2 aromatic rings. The Kier molecular flexibility index (Phi) is 3.51. The van der Waals surface area contributed by atoms with E-state index in [0.29, 0.717) is 6.61 Å². The van der Waals surface area contributed by atoms with Gasteiger partial charge >= 0.3 is 0 Å². The van der Waals surface area contributed by atoms with Crippen LogP contribution in [0, 0.1) is 0 Å². The highest BCUT2D eigenvalue weighted by molar-refractivity contribution is 6.34. The first-order valence-electron chi connectivity index (χ1n) is 6.00. The van der Waals surface area contributed by atoms with E-state index in [9.17, 15) is 4.79 Å². The molecule has 1 aromatic heterocycles. The van der Waals surface area contributed by atoms with Gasteiger partial charge in [-0.15, -0.1) is 0 Å². The van der Waals surface area contributed by atoms with E-state index in [0.717, 1.165) is 11.3 Å². The first-order valence-corrected chi connectivity index (χ1v) is 6.75. The molecule has 2 heterocycles. The zero-order chi connectivity index (χ0) is 14.1. The number of hydrogen-bond donors (Lipinski definition) is 1. The number of hydrogen-bond acceptors (Lipinski definition) is 3. The minimum absolute atomic E-state index is 0.114. The van der Waals surface area contributed by atoms with E-state index in [2.05, 4.69) is 10.3 Å². The van der Waals surface area contributed by atoms with Crippen LogP contribution in [0.4, 0.5) is 0 Å². The predicted octanol–water partition coefficient (Wildman–Crippen LogP) is 3.25. The van der Waals surface area contributed by atoms with Crippen molar-refractivity contribution in [3.8, 4) is 5.75 Å². The lowest BCUT2D eigenvalue weighted by atomic mass is 10.1. The lowest BCUT2D eigenvalue weighted by Gasteiger charge is -2.12. The van der Waals surface area contributed by atoms with Crippen molar-refractivity contribution >= 4 is 29.1 Å². The Morgan fingerprint density at radius 3 is 2.90 bits per heavy atom. The third kappa shape index (κ3) is 2.44. The van der Waals surface area contributed by atoms with Crippen LogP contribution in [0.5, 0.6) is 5.75 Å². The first-order chi connectivity index (χ1) is 9.65. The highest BCUT2D eigenvalue weighted by atomic mass is 35.5. The van der Waals surface area contributed by atoms with Crippen LogP contribution in [0.1, 0.15) is 22.1 Å². The van der Waals surface area contributed by atoms with Crippen LogP contribution in [0.25, 0.3) is 0 Å². The van der Waals surface area contributed by atoms with E-state index in [-0.39, 0.29) is 27.8 Å². The molecule has 1 aliphatic rings. The van der Waals surface area contributed by atoms with E-state index in [1.807, 2.05) is 24.3 Å². The normalized spacial score (nSPS) is 16.4. The quantitative estimate of drug-likeness (QED) is 0.866. The van der Waals surface area contributed by atoms with Crippen molar-refractivity contribution in [3.05, 3.63) is 57.8 Å². The Morgan fingerprint density at radius 2 is 2.05 bits per heavy atom. The number of carbonyl (C=O) groups is 1. The van der Waals surface area contributed by atoms with Gasteiger partial charge in [0.25, 0.3) is 5.91 Å². The fourth-order valence-electron chi connectivity index (χ4n) is 2.09. The average Bonchev–Trinajstić information content (AvgIpc) is 2.85. The highest BCUT2D eigenvalue weighted by Crippen LogP contribution is 2.32. The van der Waals surface area contributed by atoms with Crippen LogP contribution in [-0.4, -0.2) is 17.5 Å². The van der Waals surface area contributed by atoms with Crippen LogP contribution in [0.3, 0.4) is 0 Å². The number of halogens is 2. The average molecular weight is 309 g/mol. The second-order valence-corrected chi connectivity index (χ2v) is 5.13. The van der Waals surface area contributed by atoms with Gasteiger partial charge in [0.1, 0.15) is 23.2 Å². The van der Waals surface area contributed by atoms with Crippen LogP contribution in [0.2, 0.25) is 10.2 Å². The number of amides is 1. The van der Waals surface area contributed by atoms with Crippen LogP contribution < -0.4 is 10.1 Å². The number of pyridine rings is 1. The number of carbonyl (C=O) groups excluding carboxylic acids is 1. The maximum Gasteiger partial charge on any atom is 0.272 e. The minimum Gasteiger partial charge on any atom is -0.491 e. The number of para-hydroxylation sites is 1. The maximum atomic E-state index is 12.2. The molecular weight excluding hydrogens is 299 g/mol. The number of fused-ring (bicyclic) bond motifs is 1. The van der Waals surface area contributed by atoms with Crippen molar-refractivity contribution in [2.75, 3.05) is 6.61 Å². The van der Waals surface area contributed by atoms with Crippen molar-refractivity contribution < 1.29 is 9.53 Å². The van der Waals surface area contributed by atoms with Gasteiger partial charge in [-0.1, -0.05) is 41.4 Å². The predicted molar refractivity (Wildman–Crippen MR) is 76.4 cm³/mol. The lowest BCUT2D eigenvalue weighted by Crippen LogP contribution is -2.30. The van der Waals surface area contributed by atoms with Crippen LogP contribution in [-0.2, 0) is 0 Å². The topological polar surface area (TPSA) is 51.2 Å². The molecule has 102 valence electrons. The Hall–Kier alpha value is -1.78. The van der Waals surface area contributed by atoms with Crippen LogP contribution in [0.15, 0.2) is 36.4 Å². The summed E-state index contributed by atoms with van der Waals surface area (Å²) in [4.78, 5) is 16.2. The van der Waals surface area contributed by atoms with Gasteiger partial charge in [0.05, 0.1) is 11.1 Å². The van der Waals surface area contributed by atoms with Gasteiger partial charge < -0.3 is 10.1 Å². The van der Waals surface area contributed by atoms with E-state index < -0.39 is 0 Å². The minimum atomic E-state index is -0.372. The summed E-state index contributed by atoms with van der Waals surface area (Å²) in [6.07, 6.45) is 0. The number of benzene rings is 1. The van der Waals surface area contributed by atoms with Gasteiger partial charge in [-0.25, -0.2) is 4.98 Å². The Morgan fingerprint density at radius 1 is 1.25 bits per heavy atom. The molecule has 1 atom stereocenters. The first kappa shape index (κ1) is 13.2. The molecular formula is C14H10Cl2N2O2. The number of rotatable bonds is 2. The molecule has 1 aliphatic heterocycles. The van der Waals surface area contributed by atoms with Crippen molar-refractivity contribution in [2.45, 2.75) is 6.04 Å². The molecule has 0 radical (unpaired) electrons. The van der Waals surface area contributed by atoms with Gasteiger partial charge in [-0.3, -0.25) is 4.79 Å². The molecule has 0 aliphatic carbocycles. The largest absolute Gasteiger partial charge is 0.491 e. The molecule has 0 saturated heterocycles. The fraction of sp³-hybridized carbons (Fsp3) is 0.143. The van der Waals surface area contributed by atoms with E-state index in [1.165, 1.54) is 6.07 Å². The molecule has 20 heavy (non-hydrogen) atoms. The Labute approximate surface area is 125 Å². The van der Waals surface area contributed by atoms with Gasteiger partial charge in [0.15, 0.2) is 0 Å². The fourth-order valence-corrected chi connectivity index (χ4v) is 2.42. The summed E-state index contributed by atoms with van der Waals surface area (Å²) >= 11 is 11.7. The van der Waals surface area contributed by atoms with Crippen LogP contribution >= 0.6 is 23.2 Å². The third-order valence-corrected chi connectivity index (χ3v) is 3.55. The SMILES string of the molecule is O=C(NC1COc2ccccc21)c1nc(Cl)ccc1Cl. The zero-order valence-electron chi connectivity index (χ0n) is 10.3. The Balaban J connectivity index is 1.82. The molecule has 6 heteroatoms. The molecule has 0 saturated carbocycles. The van der Waals surface area contributed by atoms with Gasteiger partial charge in [-0.05, 0) is 18.2 Å². The number of nitrogens with one attached hydrogen (secondary N) is 1. The molecule has 0 spiro atoms. The molecule has 1 N–H and O–H groups in total. The number of aromatic nitrogens is 1. The number of nitrogens with zero attached hydrogens (tertiary/aromatic N) is 1. The molecule has 0 bridgehead atoms. The maximum absolute atomic E-state index is 12.2. The van der Waals surface area contributed by atoms with Crippen molar-refractivity contribution in [2.24, 2.45) is 0 Å². The second-order valence-electron chi connectivity index (χ2n) is 4.34. The molecule has 0 fully saturated rings. The van der Waals surface area contributed by atoms with E-state index >= 15 is 0 Å². The summed E-state index contributed by atoms with van der Waals surface area (Å²) in [5, 5.41) is 3.34. The highest BCUT2D eigenvalue weighted by Gasteiger charge is 2.26. The van der Waals surface area contributed by atoms with Gasteiger partial charge in [0.2, 0.25) is 0 Å². The van der Waals surface area contributed by atoms with Gasteiger partial charge in [0, 0.05) is 5.56 Å². The molecule has 1 aromatic carbocycles. The summed E-state index contributed by atoms with van der Waals surface area (Å²) in [6.45, 7) is 0.392. The lowest BCUT2D eigenvalue weighted by molar-refractivity contribution is 0.0925. The molecule has 1 amide bonds. The van der Waals surface area contributed by atoms with Crippen molar-refractivity contribution in [3.63, 3.8) is 0 Å². The monoisotopic (exact) mass is 308 g/mol. The van der Waals surface area contributed by atoms with E-state index in [1.54, 1.807) is 6.07 Å². The summed E-state index contributed by atoms with van der Waals surface area (Å²) in [6, 6.07) is 10.4. The summed E-state index contributed by atoms with van der Waals surface area (Å²) in [5.41, 5.74) is 1.06. The summed E-state index contributed by atoms with van der Waals surface area (Å²) < 4.78 is 5.51. The molecule has 1 unspecified atom stereocenters. The smallest absolute Gasteiger partial charge is 0.272 e. The van der Waals surface area contributed by atoms with Crippen molar-refractivity contribution in [1.29, 1.82) is 0 Å². The third-order valence-electron chi connectivity index (χ3n) is 3.03. The zero-order valence-corrected chi connectivity index (χ0v) is 11.8.